The van der Waals surface area contributed by atoms with Gasteiger partial charge in [0.25, 0.3) is 0 Å². The molecular weight excluding hydrogens is 240 g/mol. The molecule has 0 aliphatic carbocycles. The van der Waals surface area contributed by atoms with Gasteiger partial charge in [-0.15, -0.1) is 0 Å². The highest BCUT2D eigenvalue weighted by Crippen LogP contribution is 2.20. The minimum Gasteiger partial charge on any atom is -0.314 e. The van der Waals surface area contributed by atoms with Gasteiger partial charge in [-0.1, -0.05) is 19.8 Å². The standard InChI is InChI=1S/C15H32N2S/c1-13-12-17(3)14(2)11-15(13)16-9-7-5-6-8-10-18-4/h13-16H,5-12H2,1-4H3. The number of piperidine rings is 1. The van der Waals surface area contributed by atoms with Crippen molar-refractivity contribution in [3.05, 3.63) is 0 Å². The zero-order valence-electron chi connectivity index (χ0n) is 12.7. The molecule has 3 atom stereocenters. The summed E-state index contributed by atoms with van der Waals surface area (Å²) < 4.78 is 0. The second kappa shape index (κ2) is 9.22. The lowest BCUT2D eigenvalue weighted by atomic mass is 9.90. The highest BCUT2D eigenvalue weighted by Gasteiger charge is 2.27. The molecule has 0 bridgehead atoms. The van der Waals surface area contributed by atoms with E-state index < -0.39 is 0 Å². The second-order valence-corrected chi connectivity index (χ2v) is 6.95. The van der Waals surface area contributed by atoms with Gasteiger partial charge in [-0.05, 0) is 57.7 Å². The Bertz CT molecular complexity index is 211. The molecule has 0 aromatic carbocycles. The predicted molar refractivity (Wildman–Crippen MR) is 84.5 cm³/mol. The molecular formula is C15H32N2S. The van der Waals surface area contributed by atoms with E-state index in [2.05, 4.69) is 37.4 Å². The maximum absolute atomic E-state index is 3.78. The molecule has 1 fully saturated rings. The Hall–Kier alpha value is 0.270. The third-order valence-electron chi connectivity index (χ3n) is 4.29. The van der Waals surface area contributed by atoms with Gasteiger partial charge in [0.05, 0.1) is 0 Å². The smallest absolute Gasteiger partial charge is 0.0120 e. The Balaban J connectivity index is 2.04. The minimum atomic E-state index is 0.736. The van der Waals surface area contributed by atoms with Crippen molar-refractivity contribution in [3.63, 3.8) is 0 Å². The van der Waals surface area contributed by atoms with Gasteiger partial charge in [-0.3, -0.25) is 0 Å². The summed E-state index contributed by atoms with van der Waals surface area (Å²) in [6.45, 7) is 7.19. The molecule has 0 aromatic heterocycles. The van der Waals surface area contributed by atoms with Gasteiger partial charge < -0.3 is 10.2 Å². The van der Waals surface area contributed by atoms with Crippen LogP contribution in [0.25, 0.3) is 0 Å². The molecule has 1 N–H and O–H groups in total. The topological polar surface area (TPSA) is 15.3 Å². The molecule has 3 heteroatoms. The Kier molecular flexibility index (Phi) is 8.36. The van der Waals surface area contributed by atoms with Gasteiger partial charge in [-0.25, -0.2) is 0 Å². The van der Waals surface area contributed by atoms with Gasteiger partial charge >= 0.3 is 0 Å². The summed E-state index contributed by atoms with van der Waals surface area (Å²) in [6, 6.07) is 1.47. The monoisotopic (exact) mass is 272 g/mol. The summed E-state index contributed by atoms with van der Waals surface area (Å²) >= 11 is 1.97. The van der Waals surface area contributed by atoms with Gasteiger partial charge in [0, 0.05) is 18.6 Å². The molecule has 3 unspecified atom stereocenters. The van der Waals surface area contributed by atoms with Crippen LogP contribution in [-0.2, 0) is 0 Å². The highest BCUT2D eigenvalue weighted by atomic mass is 32.2. The molecule has 18 heavy (non-hydrogen) atoms. The lowest BCUT2D eigenvalue weighted by Crippen LogP contribution is -2.51. The number of thioether (sulfide) groups is 1. The molecule has 108 valence electrons. The van der Waals surface area contributed by atoms with Crippen LogP contribution < -0.4 is 5.32 Å². The largest absolute Gasteiger partial charge is 0.314 e. The number of likely N-dealkylation sites (tertiary alicyclic amines) is 1. The molecule has 1 rings (SSSR count). The first-order valence-electron chi connectivity index (χ1n) is 7.57. The quantitative estimate of drug-likeness (QED) is 0.683. The maximum atomic E-state index is 3.78. The van der Waals surface area contributed by atoms with Crippen molar-refractivity contribution >= 4 is 11.8 Å². The Labute approximate surface area is 118 Å². The fourth-order valence-electron chi connectivity index (χ4n) is 2.84. The van der Waals surface area contributed by atoms with Gasteiger partial charge in [0.2, 0.25) is 0 Å². The summed E-state index contributed by atoms with van der Waals surface area (Å²) in [7, 11) is 2.25. The van der Waals surface area contributed by atoms with Crippen molar-refractivity contribution in [2.24, 2.45) is 5.92 Å². The number of hydrogen-bond acceptors (Lipinski definition) is 3. The minimum absolute atomic E-state index is 0.736. The van der Waals surface area contributed by atoms with Crippen molar-refractivity contribution in [2.75, 3.05) is 32.1 Å². The third-order valence-corrected chi connectivity index (χ3v) is 4.99. The zero-order valence-corrected chi connectivity index (χ0v) is 13.6. The van der Waals surface area contributed by atoms with Gasteiger partial charge in [-0.2, -0.15) is 11.8 Å². The molecule has 2 nitrogen and oxygen atoms in total. The van der Waals surface area contributed by atoms with Gasteiger partial charge in [0.15, 0.2) is 0 Å². The van der Waals surface area contributed by atoms with E-state index in [1.807, 2.05) is 11.8 Å². The first-order valence-corrected chi connectivity index (χ1v) is 8.97. The van der Waals surface area contributed by atoms with E-state index in [-0.39, 0.29) is 0 Å². The summed E-state index contributed by atoms with van der Waals surface area (Å²) in [5.41, 5.74) is 0. The van der Waals surface area contributed by atoms with Crippen LogP contribution in [0.4, 0.5) is 0 Å². The van der Waals surface area contributed by atoms with Gasteiger partial charge in [0.1, 0.15) is 0 Å². The Morgan fingerprint density at radius 1 is 1.17 bits per heavy atom. The summed E-state index contributed by atoms with van der Waals surface area (Å²) in [6.07, 6.45) is 9.05. The third kappa shape index (κ3) is 5.94. The number of unbranched alkanes of at least 4 members (excludes halogenated alkanes) is 3. The van der Waals surface area contributed by atoms with Crippen molar-refractivity contribution in [3.8, 4) is 0 Å². The SMILES string of the molecule is CSCCCCCCNC1CC(C)N(C)CC1C. The fraction of sp³-hybridized carbons (Fsp3) is 1.00. The molecule has 0 spiro atoms. The molecule has 0 amide bonds. The van der Waals surface area contributed by atoms with Crippen LogP contribution in [0.5, 0.6) is 0 Å². The van der Waals surface area contributed by atoms with E-state index in [0.717, 1.165) is 18.0 Å². The Morgan fingerprint density at radius 2 is 1.89 bits per heavy atom. The lowest BCUT2D eigenvalue weighted by molar-refractivity contribution is 0.122. The van der Waals surface area contributed by atoms with Crippen molar-refractivity contribution in [1.82, 2.24) is 10.2 Å². The van der Waals surface area contributed by atoms with Crippen LogP contribution in [-0.4, -0.2) is 49.1 Å². The molecule has 0 radical (unpaired) electrons. The first kappa shape index (κ1) is 16.3. The average Bonchev–Trinajstić information content (AvgIpc) is 2.34. The average molecular weight is 273 g/mol. The van der Waals surface area contributed by atoms with Crippen LogP contribution in [0.15, 0.2) is 0 Å². The number of nitrogens with zero attached hydrogens (tertiary/aromatic N) is 1. The van der Waals surface area contributed by atoms with Crippen molar-refractivity contribution < 1.29 is 0 Å². The van der Waals surface area contributed by atoms with Crippen LogP contribution in [0.3, 0.4) is 0 Å². The maximum Gasteiger partial charge on any atom is 0.0120 e. The number of hydrogen-bond donors (Lipinski definition) is 1. The van der Waals surface area contributed by atoms with E-state index in [1.54, 1.807) is 0 Å². The van der Waals surface area contributed by atoms with E-state index >= 15 is 0 Å². The second-order valence-electron chi connectivity index (χ2n) is 5.97. The number of nitrogens with one attached hydrogen (secondary N) is 1. The molecule has 1 aliphatic rings. The van der Waals surface area contributed by atoms with Crippen LogP contribution in [0.1, 0.15) is 46.0 Å². The van der Waals surface area contributed by atoms with Crippen LogP contribution in [0.2, 0.25) is 0 Å². The molecule has 1 saturated heterocycles. The van der Waals surface area contributed by atoms with E-state index in [1.165, 1.54) is 50.9 Å². The van der Waals surface area contributed by atoms with Crippen LogP contribution >= 0.6 is 11.8 Å². The zero-order chi connectivity index (χ0) is 13.4. The summed E-state index contributed by atoms with van der Waals surface area (Å²) in [5, 5.41) is 3.78. The highest BCUT2D eigenvalue weighted by molar-refractivity contribution is 7.98. The summed E-state index contributed by atoms with van der Waals surface area (Å²) in [5.74, 6) is 2.12. The molecule has 0 aromatic rings. The van der Waals surface area contributed by atoms with Crippen LogP contribution in [0, 0.1) is 5.92 Å². The number of rotatable bonds is 8. The summed E-state index contributed by atoms with van der Waals surface area (Å²) in [4.78, 5) is 2.49. The first-order chi connectivity index (χ1) is 8.65. The van der Waals surface area contributed by atoms with Crippen molar-refractivity contribution in [2.45, 2.75) is 58.0 Å². The lowest BCUT2D eigenvalue weighted by Gasteiger charge is -2.40. The fourth-order valence-corrected chi connectivity index (χ4v) is 3.33. The Morgan fingerprint density at radius 3 is 2.61 bits per heavy atom. The van der Waals surface area contributed by atoms with E-state index in [0.29, 0.717) is 0 Å². The molecule has 1 heterocycles. The normalized spacial score (nSPS) is 29.7. The van der Waals surface area contributed by atoms with Crippen molar-refractivity contribution in [1.29, 1.82) is 0 Å². The van der Waals surface area contributed by atoms with E-state index in [4.69, 9.17) is 0 Å². The van der Waals surface area contributed by atoms with E-state index in [9.17, 15) is 0 Å². The molecule has 1 aliphatic heterocycles. The molecule has 0 saturated carbocycles. The predicted octanol–water partition coefficient (Wildman–Crippen LogP) is 3.23.